The summed E-state index contributed by atoms with van der Waals surface area (Å²) < 4.78 is 6.13. The van der Waals surface area contributed by atoms with Crippen molar-refractivity contribution < 1.29 is 4.74 Å². The highest BCUT2D eigenvalue weighted by Crippen LogP contribution is 2.26. The molecule has 1 aliphatic heterocycles. The fourth-order valence-electron chi connectivity index (χ4n) is 2.33. The molecule has 2 nitrogen and oxygen atoms in total. The lowest BCUT2D eigenvalue weighted by atomic mass is 9.87. The minimum Gasteiger partial charge on any atom is -0.490 e. The molecule has 1 atom stereocenters. The van der Waals surface area contributed by atoms with E-state index >= 15 is 0 Å². The van der Waals surface area contributed by atoms with Crippen LogP contribution in [0.3, 0.4) is 0 Å². The summed E-state index contributed by atoms with van der Waals surface area (Å²) >= 11 is 0. The third-order valence-corrected chi connectivity index (χ3v) is 3.53. The van der Waals surface area contributed by atoms with Gasteiger partial charge in [-0.05, 0) is 55.5 Å². The van der Waals surface area contributed by atoms with Gasteiger partial charge < -0.3 is 10.1 Å². The summed E-state index contributed by atoms with van der Waals surface area (Å²) in [6, 6.07) is 8.55. The lowest BCUT2D eigenvalue weighted by molar-refractivity contribution is 0.187. The van der Waals surface area contributed by atoms with Crippen LogP contribution in [0.25, 0.3) is 0 Å². The van der Waals surface area contributed by atoms with Crippen molar-refractivity contribution in [2.24, 2.45) is 0 Å². The van der Waals surface area contributed by atoms with Gasteiger partial charge in [0, 0.05) is 0 Å². The zero-order chi connectivity index (χ0) is 13.0. The van der Waals surface area contributed by atoms with Gasteiger partial charge in [-0.15, -0.1) is 0 Å². The molecule has 1 unspecified atom stereocenters. The van der Waals surface area contributed by atoms with E-state index in [4.69, 9.17) is 4.74 Å². The smallest absolute Gasteiger partial charge is 0.120 e. The molecule has 0 aromatic heterocycles. The van der Waals surface area contributed by atoms with Crippen LogP contribution in [-0.4, -0.2) is 19.2 Å². The Morgan fingerprint density at radius 3 is 2.78 bits per heavy atom. The molecule has 0 spiro atoms. The Morgan fingerprint density at radius 1 is 1.17 bits per heavy atom. The number of rotatable bonds is 2. The van der Waals surface area contributed by atoms with Crippen molar-refractivity contribution in [3.05, 3.63) is 29.8 Å². The molecule has 0 aliphatic carbocycles. The Balaban J connectivity index is 2.04. The molecule has 100 valence electrons. The number of ether oxygens (including phenoxy) is 1. The number of hydrogen-bond acceptors (Lipinski definition) is 2. The summed E-state index contributed by atoms with van der Waals surface area (Å²) in [4.78, 5) is 0. The molecule has 1 fully saturated rings. The van der Waals surface area contributed by atoms with E-state index in [1.807, 2.05) is 0 Å². The zero-order valence-corrected chi connectivity index (χ0v) is 11.8. The van der Waals surface area contributed by atoms with Gasteiger partial charge in [-0.2, -0.15) is 0 Å². The summed E-state index contributed by atoms with van der Waals surface area (Å²) in [5.74, 6) is 1.02. The SMILES string of the molecule is CC(C)(C)c1cccc(OC2CCCNCC2)c1. The summed E-state index contributed by atoms with van der Waals surface area (Å²) in [5.41, 5.74) is 1.52. The van der Waals surface area contributed by atoms with Crippen molar-refractivity contribution in [1.82, 2.24) is 5.32 Å². The van der Waals surface area contributed by atoms with Crippen LogP contribution in [0.15, 0.2) is 24.3 Å². The van der Waals surface area contributed by atoms with Crippen LogP contribution in [-0.2, 0) is 5.41 Å². The quantitative estimate of drug-likeness (QED) is 0.863. The average Bonchev–Trinajstić information content (AvgIpc) is 2.57. The van der Waals surface area contributed by atoms with Crippen LogP contribution in [0.2, 0.25) is 0 Å². The molecule has 1 heterocycles. The molecular formula is C16H25NO. The van der Waals surface area contributed by atoms with Crippen molar-refractivity contribution in [2.45, 2.75) is 51.6 Å². The van der Waals surface area contributed by atoms with Crippen molar-refractivity contribution in [2.75, 3.05) is 13.1 Å². The summed E-state index contributed by atoms with van der Waals surface area (Å²) in [6.45, 7) is 8.91. The minimum atomic E-state index is 0.185. The molecule has 2 heteroatoms. The van der Waals surface area contributed by atoms with Crippen molar-refractivity contribution in [3.8, 4) is 5.75 Å². The van der Waals surface area contributed by atoms with Gasteiger partial charge in [0.15, 0.2) is 0 Å². The number of benzene rings is 1. The second kappa shape index (κ2) is 5.75. The van der Waals surface area contributed by atoms with Gasteiger partial charge in [-0.25, -0.2) is 0 Å². The molecule has 0 radical (unpaired) electrons. The highest BCUT2D eigenvalue weighted by atomic mass is 16.5. The third kappa shape index (κ3) is 3.74. The first-order chi connectivity index (χ1) is 8.55. The van der Waals surface area contributed by atoms with E-state index in [1.54, 1.807) is 0 Å². The van der Waals surface area contributed by atoms with E-state index in [2.05, 4.69) is 50.4 Å². The van der Waals surface area contributed by atoms with Crippen LogP contribution in [0.4, 0.5) is 0 Å². The average molecular weight is 247 g/mol. The second-order valence-corrected chi connectivity index (χ2v) is 6.20. The Bertz CT molecular complexity index is 373. The highest BCUT2D eigenvalue weighted by Gasteiger charge is 2.16. The molecule has 1 aliphatic rings. The Morgan fingerprint density at radius 2 is 2.00 bits per heavy atom. The normalized spacial score (nSPS) is 21.4. The van der Waals surface area contributed by atoms with Crippen molar-refractivity contribution in [1.29, 1.82) is 0 Å². The van der Waals surface area contributed by atoms with E-state index < -0.39 is 0 Å². The maximum atomic E-state index is 6.13. The molecule has 1 saturated heterocycles. The number of hydrogen-bond donors (Lipinski definition) is 1. The monoisotopic (exact) mass is 247 g/mol. The molecule has 2 rings (SSSR count). The summed E-state index contributed by atoms with van der Waals surface area (Å²) in [7, 11) is 0. The van der Waals surface area contributed by atoms with Gasteiger partial charge in [-0.1, -0.05) is 32.9 Å². The predicted octanol–water partition coefficient (Wildman–Crippen LogP) is 3.51. The largest absolute Gasteiger partial charge is 0.490 e. The maximum absolute atomic E-state index is 6.13. The molecule has 18 heavy (non-hydrogen) atoms. The fraction of sp³-hybridized carbons (Fsp3) is 0.625. The second-order valence-electron chi connectivity index (χ2n) is 6.20. The van der Waals surface area contributed by atoms with E-state index in [1.165, 1.54) is 12.0 Å². The predicted molar refractivity (Wildman–Crippen MR) is 76.3 cm³/mol. The van der Waals surface area contributed by atoms with Crippen molar-refractivity contribution >= 4 is 0 Å². The summed E-state index contributed by atoms with van der Waals surface area (Å²) in [6.07, 6.45) is 3.85. The first-order valence-electron chi connectivity index (χ1n) is 7.03. The van der Waals surface area contributed by atoms with Crippen LogP contribution in [0.5, 0.6) is 5.75 Å². The Labute approximate surface area is 111 Å². The molecule has 0 amide bonds. The van der Waals surface area contributed by atoms with E-state index in [0.717, 1.165) is 31.7 Å². The van der Waals surface area contributed by atoms with Gasteiger partial charge in [0.2, 0.25) is 0 Å². The van der Waals surface area contributed by atoms with Crippen LogP contribution in [0.1, 0.15) is 45.6 Å². The van der Waals surface area contributed by atoms with Crippen LogP contribution < -0.4 is 10.1 Å². The molecule has 0 bridgehead atoms. The molecule has 1 N–H and O–H groups in total. The van der Waals surface area contributed by atoms with Gasteiger partial charge in [0.05, 0.1) is 6.10 Å². The van der Waals surface area contributed by atoms with E-state index in [0.29, 0.717) is 6.10 Å². The third-order valence-electron chi connectivity index (χ3n) is 3.53. The summed E-state index contributed by atoms with van der Waals surface area (Å²) in [5, 5.41) is 3.42. The van der Waals surface area contributed by atoms with Gasteiger partial charge >= 0.3 is 0 Å². The Hall–Kier alpha value is -1.02. The lowest BCUT2D eigenvalue weighted by Crippen LogP contribution is -2.19. The van der Waals surface area contributed by atoms with E-state index in [-0.39, 0.29) is 5.41 Å². The van der Waals surface area contributed by atoms with Crippen LogP contribution >= 0.6 is 0 Å². The van der Waals surface area contributed by atoms with Gasteiger partial charge in [0.1, 0.15) is 5.75 Å². The molecule has 0 saturated carbocycles. The topological polar surface area (TPSA) is 21.3 Å². The number of nitrogens with one attached hydrogen (secondary N) is 1. The lowest BCUT2D eigenvalue weighted by Gasteiger charge is -2.22. The van der Waals surface area contributed by atoms with Gasteiger partial charge in [-0.3, -0.25) is 0 Å². The Kier molecular flexibility index (Phi) is 4.28. The zero-order valence-electron chi connectivity index (χ0n) is 11.8. The van der Waals surface area contributed by atoms with Crippen LogP contribution in [0, 0.1) is 0 Å². The first-order valence-corrected chi connectivity index (χ1v) is 7.03. The van der Waals surface area contributed by atoms with E-state index in [9.17, 15) is 0 Å². The molecular weight excluding hydrogens is 222 g/mol. The molecule has 1 aromatic carbocycles. The van der Waals surface area contributed by atoms with Crippen molar-refractivity contribution in [3.63, 3.8) is 0 Å². The first kappa shape index (κ1) is 13.4. The highest BCUT2D eigenvalue weighted by molar-refractivity contribution is 5.32. The fourth-order valence-corrected chi connectivity index (χ4v) is 2.33. The van der Waals surface area contributed by atoms with Gasteiger partial charge in [0.25, 0.3) is 0 Å². The maximum Gasteiger partial charge on any atom is 0.120 e. The molecule has 1 aromatic rings. The standard InChI is InChI=1S/C16H25NO/c1-16(2,3)13-6-4-7-15(12-13)18-14-8-5-10-17-11-9-14/h4,6-7,12,14,17H,5,8-11H2,1-3H3. The minimum absolute atomic E-state index is 0.185.